The molecule has 1 N–H and O–H groups in total. The summed E-state index contributed by atoms with van der Waals surface area (Å²) < 4.78 is 24.6. The Morgan fingerprint density at radius 2 is 2.00 bits per heavy atom. The fraction of sp³-hybridized carbons (Fsp3) is 0.923. The number of rotatable bonds is 5. The van der Waals surface area contributed by atoms with Crippen molar-refractivity contribution in [2.24, 2.45) is 5.92 Å². The number of hydrogen-bond donors (Lipinski definition) is 1. The fourth-order valence-corrected chi connectivity index (χ4v) is 2.45. The minimum Gasteiger partial charge on any atom is -0.338 e. The van der Waals surface area contributed by atoms with Gasteiger partial charge in [0.15, 0.2) is 0 Å². The van der Waals surface area contributed by atoms with Crippen molar-refractivity contribution in [2.45, 2.75) is 32.1 Å². The molecule has 1 saturated carbocycles. The predicted molar refractivity (Wildman–Crippen MR) is 69.4 cm³/mol. The maximum Gasteiger partial charge on any atom is 0.317 e. The third-order valence-electron chi connectivity index (χ3n) is 3.80. The van der Waals surface area contributed by atoms with Crippen LogP contribution in [0.1, 0.15) is 25.7 Å². The van der Waals surface area contributed by atoms with E-state index < -0.39 is 6.43 Å². The number of urea groups is 1. The summed E-state index contributed by atoms with van der Waals surface area (Å²) in [5.41, 5.74) is 0. The molecule has 0 bridgehead atoms. The molecule has 0 aromatic carbocycles. The average molecular weight is 275 g/mol. The molecular formula is C13H23F2N3O. The molecule has 1 aliphatic heterocycles. The second-order valence-corrected chi connectivity index (χ2v) is 5.50. The molecule has 1 saturated heterocycles. The molecule has 2 aliphatic rings. The Kier molecular flexibility index (Phi) is 5.36. The summed E-state index contributed by atoms with van der Waals surface area (Å²) in [7, 11) is 0. The zero-order valence-corrected chi connectivity index (χ0v) is 11.3. The molecule has 2 rings (SSSR count). The molecule has 2 amide bonds. The van der Waals surface area contributed by atoms with Crippen molar-refractivity contribution in [3.05, 3.63) is 0 Å². The van der Waals surface area contributed by atoms with Crippen LogP contribution in [0.3, 0.4) is 0 Å². The van der Waals surface area contributed by atoms with Gasteiger partial charge in [-0.3, -0.25) is 4.90 Å². The van der Waals surface area contributed by atoms with Crippen molar-refractivity contribution in [3.8, 4) is 0 Å². The largest absolute Gasteiger partial charge is 0.338 e. The maximum atomic E-state index is 12.3. The molecule has 0 radical (unpaired) electrons. The van der Waals surface area contributed by atoms with Gasteiger partial charge in [-0.1, -0.05) is 12.8 Å². The fourth-order valence-electron chi connectivity index (χ4n) is 2.45. The molecule has 0 atom stereocenters. The smallest absolute Gasteiger partial charge is 0.317 e. The van der Waals surface area contributed by atoms with Gasteiger partial charge in [0.2, 0.25) is 0 Å². The molecule has 6 heteroatoms. The lowest BCUT2D eigenvalue weighted by atomic mass is 10.3. The van der Waals surface area contributed by atoms with E-state index in [0.717, 1.165) is 25.3 Å². The van der Waals surface area contributed by atoms with Crippen molar-refractivity contribution >= 4 is 6.03 Å². The Labute approximate surface area is 113 Å². The van der Waals surface area contributed by atoms with Crippen LogP contribution >= 0.6 is 0 Å². The maximum absolute atomic E-state index is 12.3. The number of halogens is 2. The number of amides is 2. The van der Waals surface area contributed by atoms with Gasteiger partial charge in [-0.05, 0) is 18.8 Å². The Hall–Kier alpha value is -0.910. The first-order valence-corrected chi connectivity index (χ1v) is 7.18. The summed E-state index contributed by atoms with van der Waals surface area (Å²) in [4.78, 5) is 15.4. The first-order valence-electron chi connectivity index (χ1n) is 7.18. The number of carbonyl (C=O) groups excluding carboxylic acids is 1. The second kappa shape index (κ2) is 7.03. The van der Waals surface area contributed by atoms with Crippen LogP contribution in [0.2, 0.25) is 0 Å². The highest BCUT2D eigenvalue weighted by atomic mass is 19.3. The standard InChI is InChI=1S/C13H23F2N3O/c14-12(15)10-17-6-1-7-18(9-8-17)13(19)16-5-4-11-2-3-11/h11-12H,1-10H2,(H,16,19). The van der Waals surface area contributed by atoms with Crippen molar-refractivity contribution in [3.63, 3.8) is 0 Å². The van der Waals surface area contributed by atoms with E-state index in [1.165, 1.54) is 12.8 Å². The van der Waals surface area contributed by atoms with Gasteiger partial charge in [0, 0.05) is 32.7 Å². The van der Waals surface area contributed by atoms with Crippen molar-refractivity contribution in [1.29, 1.82) is 0 Å². The molecule has 0 spiro atoms. The van der Waals surface area contributed by atoms with Gasteiger partial charge in [0.05, 0.1) is 6.54 Å². The van der Waals surface area contributed by atoms with Gasteiger partial charge in [-0.2, -0.15) is 0 Å². The zero-order valence-electron chi connectivity index (χ0n) is 11.3. The Morgan fingerprint density at radius 1 is 1.21 bits per heavy atom. The summed E-state index contributed by atoms with van der Waals surface area (Å²) in [6, 6.07) is -0.0421. The lowest BCUT2D eigenvalue weighted by Crippen LogP contribution is -2.42. The normalized spacial score (nSPS) is 21.5. The molecular weight excluding hydrogens is 252 g/mol. The minimum atomic E-state index is -2.29. The van der Waals surface area contributed by atoms with Crippen molar-refractivity contribution in [1.82, 2.24) is 15.1 Å². The van der Waals surface area contributed by atoms with E-state index in [1.807, 2.05) is 0 Å². The Balaban J connectivity index is 1.66. The Morgan fingerprint density at radius 3 is 2.68 bits per heavy atom. The zero-order chi connectivity index (χ0) is 13.7. The molecule has 0 aromatic heterocycles. The highest BCUT2D eigenvalue weighted by Crippen LogP contribution is 2.31. The number of alkyl halides is 2. The first-order chi connectivity index (χ1) is 9.15. The van der Waals surface area contributed by atoms with Gasteiger partial charge < -0.3 is 10.2 Å². The first kappa shape index (κ1) is 14.5. The molecule has 2 fully saturated rings. The van der Waals surface area contributed by atoms with Crippen LogP contribution in [0.4, 0.5) is 13.6 Å². The van der Waals surface area contributed by atoms with Gasteiger partial charge >= 0.3 is 6.03 Å². The summed E-state index contributed by atoms with van der Waals surface area (Å²) in [6.07, 6.45) is 2.13. The monoisotopic (exact) mass is 275 g/mol. The van der Waals surface area contributed by atoms with Crippen LogP contribution in [0.25, 0.3) is 0 Å². The van der Waals surface area contributed by atoms with Crippen LogP contribution in [-0.4, -0.2) is 61.5 Å². The van der Waals surface area contributed by atoms with E-state index in [0.29, 0.717) is 26.2 Å². The number of nitrogens with zero attached hydrogens (tertiary/aromatic N) is 2. The molecule has 110 valence electrons. The molecule has 4 nitrogen and oxygen atoms in total. The quantitative estimate of drug-likeness (QED) is 0.830. The van der Waals surface area contributed by atoms with Crippen LogP contribution < -0.4 is 5.32 Å². The molecule has 0 aromatic rings. The van der Waals surface area contributed by atoms with Crippen molar-refractivity contribution in [2.75, 3.05) is 39.3 Å². The summed E-state index contributed by atoms with van der Waals surface area (Å²) in [5.74, 6) is 0.811. The third kappa shape index (κ3) is 5.30. The Bertz CT molecular complexity index is 298. The second-order valence-electron chi connectivity index (χ2n) is 5.50. The summed E-state index contributed by atoms with van der Waals surface area (Å²) in [5, 5.41) is 2.93. The highest BCUT2D eigenvalue weighted by Gasteiger charge is 2.23. The van der Waals surface area contributed by atoms with Crippen LogP contribution in [0.15, 0.2) is 0 Å². The van der Waals surface area contributed by atoms with Gasteiger partial charge in [0.25, 0.3) is 6.43 Å². The van der Waals surface area contributed by atoms with E-state index in [9.17, 15) is 13.6 Å². The van der Waals surface area contributed by atoms with E-state index in [4.69, 9.17) is 0 Å². The number of nitrogens with one attached hydrogen (secondary N) is 1. The lowest BCUT2D eigenvalue weighted by Gasteiger charge is -2.22. The van der Waals surface area contributed by atoms with Crippen molar-refractivity contribution < 1.29 is 13.6 Å². The predicted octanol–water partition coefficient (Wildman–Crippen LogP) is 1.77. The number of hydrogen-bond acceptors (Lipinski definition) is 2. The van der Waals surface area contributed by atoms with E-state index in [2.05, 4.69) is 5.32 Å². The summed E-state index contributed by atoms with van der Waals surface area (Å²) in [6.45, 7) is 2.95. The average Bonchev–Trinajstić information content (AvgIpc) is 3.15. The van der Waals surface area contributed by atoms with Crippen LogP contribution in [-0.2, 0) is 0 Å². The van der Waals surface area contributed by atoms with E-state index in [1.54, 1.807) is 9.80 Å². The molecule has 1 heterocycles. The van der Waals surface area contributed by atoms with E-state index in [-0.39, 0.29) is 12.6 Å². The lowest BCUT2D eigenvalue weighted by molar-refractivity contribution is 0.0904. The van der Waals surface area contributed by atoms with Crippen LogP contribution in [0, 0.1) is 5.92 Å². The van der Waals surface area contributed by atoms with Gasteiger partial charge in [0.1, 0.15) is 0 Å². The topological polar surface area (TPSA) is 35.6 Å². The van der Waals surface area contributed by atoms with E-state index >= 15 is 0 Å². The van der Waals surface area contributed by atoms with Gasteiger partial charge in [-0.25, -0.2) is 13.6 Å². The third-order valence-corrected chi connectivity index (χ3v) is 3.80. The molecule has 0 unspecified atom stereocenters. The molecule has 1 aliphatic carbocycles. The van der Waals surface area contributed by atoms with Crippen LogP contribution in [0.5, 0.6) is 0 Å². The number of carbonyl (C=O) groups is 1. The summed E-state index contributed by atoms with van der Waals surface area (Å²) >= 11 is 0. The highest BCUT2D eigenvalue weighted by molar-refractivity contribution is 5.74. The van der Waals surface area contributed by atoms with Gasteiger partial charge in [-0.15, -0.1) is 0 Å². The molecule has 19 heavy (non-hydrogen) atoms. The SMILES string of the molecule is O=C(NCCC1CC1)N1CCCN(CC(F)F)CC1. The minimum absolute atomic E-state index is 0.0421.